The van der Waals surface area contributed by atoms with Crippen LogP contribution in [0.1, 0.15) is 32.1 Å². The van der Waals surface area contributed by atoms with Crippen LogP contribution in [0.25, 0.3) is 0 Å². The summed E-state index contributed by atoms with van der Waals surface area (Å²) in [6.07, 6.45) is 0.441. The van der Waals surface area contributed by atoms with Crippen molar-refractivity contribution in [2.75, 3.05) is 26.2 Å². The monoisotopic (exact) mass is 250 g/mol. The average Bonchev–Trinajstić information content (AvgIpc) is 2.30. The lowest BCUT2D eigenvalue weighted by Crippen LogP contribution is -2.56. The van der Waals surface area contributed by atoms with Gasteiger partial charge in [0.25, 0.3) is 0 Å². The molecule has 2 fully saturated rings. The fourth-order valence-corrected chi connectivity index (χ4v) is 3.18. The molecular weight excluding hydrogens is 229 g/mol. The van der Waals surface area contributed by atoms with Gasteiger partial charge in [-0.05, 0) is 18.8 Å². The smallest absolute Gasteiger partial charge is 0.314 e. The largest absolute Gasteiger partial charge is 0.404 e. The van der Waals surface area contributed by atoms with Crippen molar-refractivity contribution in [3.05, 3.63) is 0 Å². The second-order valence-electron chi connectivity index (χ2n) is 5.17. The van der Waals surface area contributed by atoms with Gasteiger partial charge < -0.3 is 5.32 Å². The highest BCUT2D eigenvalue weighted by Crippen LogP contribution is 2.37. The van der Waals surface area contributed by atoms with Crippen molar-refractivity contribution in [1.29, 1.82) is 0 Å². The van der Waals surface area contributed by atoms with Gasteiger partial charge >= 0.3 is 6.18 Å². The second kappa shape index (κ2) is 5.57. The highest BCUT2D eigenvalue weighted by molar-refractivity contribution is 4.89. The second-order valence-corrected chi connectivity index (χ2v) is 5.17. The van der Waals surface area contributed by atoms with Gasteiger partial charge in [0, 0.05) is 26.2 Å². The number of nitrogens with zero attached hydrogens (tertiary/aromatic N) is 1. The van der Waals surface area contributed by atoms with Gasteiger partial charge in [-0.15, -0.1) is 0 Å². The lowest BCUT2D eigenvalue weighted by atomic mass is 9.82. The molecule has 0 spiro atoms. The zero-order valence-corrected chi connectivity index (χ0v) is 10.1. The minimum Gasteiger partial charge on any atom is -0.314 e. The van der Waals surface area contributed by atoms with Gasteiger partial charge in [-0.1, -0.05) is 19.3 Å². The van der Waals surface area contributed by atoms with Crippen LogP contribution in [0.2, 0.25) is 0 Å². The maximum Gasteiger partial charge on any atom is 0.404 e. The van der Waals surface area contributed by atoms with Gasteiger partial charge in [-0.3, -0.25) is 4.90 Å². The van der Waals surface area contributed by atoms with Gasteiger partial charge in [0.1, 0.15) is 6.04 Å². The molecule has 1 atom stereocenters. The van der Waals surface area contributed by atoms with Crippen LogP contribution in [0.4, 0.5) is 13.2 Å². The van der Waals surface area contributed by atoms with E-state index in [4.69, 9.17) is 0 Å². The highest BCUT2D eigenvalue weighted by atomic mass is 19.4. The Balaban J connectivity index is 2.06. The van der Waals surface area contributed by atoms with Crippen molar-refractivity contribution in [2.24, 2.45) is 5.92 Å². The van der Waals surface area contributed by atoms with E-state index in [1.807, 2.05) is 0 Å². The number of nitrogens with one attached hydrogen (secondary N) is 1. The van der Waals surface area contributed by atoms with Crippen molar-refractivity contribution in [2.45, 2.75) is 44.3 Å². The van der Waals surface area contributed by atoms with Crippen LogP contribution in [0.3, 0.4) is 0 Å². The lowest BCUT2D eigenvalue weighted by Gasteiger charge is -2.41. The number of alkyl halides is 3. The Morgan fingerprint density at radius 2 is 1.59 bits per heavy atom. The van der Waals surface area contributed by atoms with Crippen LogP contribution in [-0.2, 0) is 0 Å². The molecule has 2 rings (SSSR count). The molecule has 2 nitrogen and oxygen atoms in total. The molecule has 0 bridgehead atoms. The molecule has 0 aromatic carbocycles. The number of halogens is 3. The maximum atomic E-state index is 13.2. The summed E-state index contributed by atoms with van der Waals surface area (Å²) in [5.41, 5.74) is 0. The molecule has 1 aliphatic heterocycles. The molecule has 1 heterocycles. The molecule has 1 aliphatic carbocycles. The lowest BCUT2D eigenvalue weighted by molar-refractivity contribution is -0.202. The van der Waals surface area contributed by atoms with E-state index in [9.17, 15) is 13.2 Å². The quantitative estimate of drug-likeness (QED) is 0.809. The normalized spacial score (nSPS) is 27.0. The summed E-state index contributed by atoms with van der Waals surface area (Å²) in [5, 5.41) is 3.11. The predicted molar refractivity (Wildman–Crippen MR) is 60.9 cm³/mol. The molecule has 2 aliphatic rings. The van der Waals surface area contributed by atoms with Gasteiger partial charge in [-0.2, -0.15) is 13.2 Å². The third kappa shape index (κ3) is 3.35. The summed E-state index contributed by atoms with van der Waals surface area (Å²) in [6, 6.07) is -1.20. The first kappa shape index (κ1) is 13.1. The molecule has 1 saturated heterocycles. The molecule has 0 aromatic rings. The SMILES string of the molecule is FC(F)(F)[C@@H](C1CCCCC1)N1CCNCC1. The van der Waals surface area contributed by atoms with Crippen molar-refractivity contribution in [3.63, 3.8) is 0 Å². The van der Waals surface area contributed by atoms with Crippen molar-refractivity contribution < 1.29 is 13.2 Å². The summed E-state index contributed by atoms with van der Waals surface area (Å²) < 4.78 is 39.7. The van der Waals surface area contributed by atoms with E-state index in [-0.39, 0.29) is 5.92 Å². The first-order valence-electron chi connectivity index (χ1n) is 6.60. The molecule has 100 valence electrons. The topological polar surface area (TPSA) is 15.3 Å². The summed E-state index contributed by atoms with van der Waals surface area (Å²) >= 11 is 0. The van der Waals surface area contributed by atoms with Crippen LogP contribution in [0, 0.1) is 5.92 Å². The molecule has 1 saturated carbocycles. The summed E-state index contributed by atoms with van der Waals surface area (Å²) in [6.45, 7) is 2.42. The Bertz CT molecular complexity index is 212. The maximum absolute atomic E-state index is 13.2. The van der Waals surface area contributed by atoms with E-state index < -0.39 is 12.2 Å². The molecular formula is C12H21F3N2. The minimum atomic E-state index is -4.07. The Labute approximate surface area is 101 Å². The number of piperazine rings is 1. The predicted octanol–water partition coefficient (Wildman–Crippen LogP) is 2.40. The summed E-state index contributed by atoms with van der Waals surface area (Å²) in [4.78, 5) is 1.65. The third-order valence-electron chi connectivity index (χ3n) is 3.98. The fraction of sp³-hybridized carbons (Fsp3) is 1.00. The Kier molecular flexibility index (Phi) is 4.31. The van der Waals surface area contributed by atoms with Crippen LogP contribution >= 0.6 is 0 Å². The fourth-order valence-electron chi connectivity index (χ4n) is 3.18. The molecule has 1 N–H and O–H groups in total. The van der Waals surface area contributed by atoms with Crippen LogP contribution < -0.4 is 5.32 Å². The summed E-state index contributed by atoms with van der Waals surface area (Å²) in [5.74, 6) is -0.179. The standard InChI is InChI=1S/C12H21F3N2/c13-12(14,15)11(10-4-2-1-3-5-10)17-8-6-16-7-9-17/h10-11,16H,1-9H2/t11-/m1/s1. The third-order valence-corrected chi connectivity index (χ3v) is 3.98. The minimum absolute atomic E-state index is 0.179. The van der Waals surface area contributed by atoms with Crippen LogP contribution in [0.15, 0.2) is 0 Å². The van der Waals surface area contributed by atoms with E-state index in [1.54, 1.807) is 4.90 Å². The van der Waals surface area contributed by atoms with E-state index in [0.717, 1.165) is 32.1 Å². The van der Waals surface area contributed by atoms with Gasteiger partial charge in [0.15, 0.2) is 0 Å². The van der Waals surface area contributed by atoms with Crippen molar-refractivity contribution in [3.8, 4) is 0 Å². The van der Waals surface area contributed by atoms with Crippen molar-refractivity contribution in [1.82, 2.24) is 10.2 Å². The van der Waals surface area contributed by atoms with E-state index in [1.165, 1.54) is 0 Å². The number of hydrogen-bond acceptors (Lipinski definition) is 2. The van der Waals surface area contributed by atoms with Crippen LogP contribution in [-0.4, -0.2) is 43.3 Å². The molecule has 0 aromatic heterocycles. The average molecular weight is 250 g/mol. The highest BCUT2D eigenvalue weighted by Gasteiger charge is 2.48. The molecule has 0 unspecified atom stereocenters. The van der Waals surface area contributed by atoms with E-state index >= 15 is 0 Å². The Hall–Kier alpha value is -0.290. The molecule has 0 amide bonds. The molecule has 0 radical (unpaired) electrons. The van der Waals surface area contributed by atoms with E-state index in [0.29, 0.717) is 26.2 Å². The Morgan fingerprint density at radius 3 is 2.12 bits per heavy atom. The zero-order valence-electron chi connectivity index (χ0n) is 10.1. The van der Waals surface area contributed by atoms with Crippen molar-refractivity contribution >= 4 is 0 Å². The van der Waals surface area contributed by atoms with Gasteiger partial charge in [0.2, 0.25) is 0 Å². The first-order valence-corrected chi connectivity index (χ1v) is 6.60. The number of hydrogen-bond donors (Lipinski definition) is 1. The number of rotatable bonds is 2. The van der Waals surface area contributed by atoms with Gasteiger partial charge in [0.05, 0.1) is 0 Å². The molecule has 5 heteroatoms. The zero-order chi connectivity index (χ0) is 12.3. The summed E-state index contributed by atoms with van der Waals surface area (Å²) in [7, 11) is 0. The van der Waals surface area contributed by atoms with Gasteiger partial charge in [-0.25, -0.2) is 0 Å². The Morgan fingerprint density at radius 1 is 1.00 bits per heavy atom. The van der Waals surface area contributed by atoms with E-state index in [2.05, 4.69) is 5.32 Å². The first-order chi connectivity index (χ1) is 8.09. The molecule has 17 heavy (non-hydrogen) atoms. The van der Waals surface area contributed by atoms with Crippen LogP contribution in [0.5, 0.6) is 0 Å².